The van der Waals surface area contributed by atoms with E-state index in [1.165, 1.54) is 25.3 Å². The number of rotatable bonds is 8. The van der Waals surface area contributed by atoms with E-state index < -0.39 is 18.4 Å². The van der Waals surface area contributed by atoms with Crippen molar-refractivity contribution < 1.29 is 4.42 Å². The molecule has 1 aliphatic rings. The Morgan fingerprint density at radius 1 is 0.352 bits per heavy atom. The molecule has 0 N–H and O–H groups in total. The van der Waals surface area contributed by atoms with Crippen molar-refractivity contribution >= 4 is 77.8 Å². The van der Waals surface area contributed by atoms with Crippen LogP contribution < -0.4 is 24.1 Å². The number of para-hydroxylation sites is 4. The van der Waals surface area contributed by atoms with Gasteiger partial charge in [-0.1, -0.05) is 0 Å². The van der Waals surface area contributed by atoms with Crippen LogP contribution in [0.15, 0.2) is 223 Å². The Kier molecular flexibility index (Phi) is 8.15. The Hall–Kier alpha value is -6.30. The van der Waals surface area contributed by atoms with Crippen LogP contribution in [0.2, 0.25) is 0 Å². The molecule has 10 rings (SSSR count). The average molecular weight is 800 g/mol. The van der Waals surface area contributed by atoms with Gasteiger partial charge < -0.3 is 0 Å². The van der Waals surface area contributed by atoms with Gasteiger partial charge in [0.2, 0.25) is 0 Å². The molecule has 1 aromatic heterocycles. The van der Waals surface area contributed by atoms with Gasteiger partial charge in [0.05, 0.1) is 0 Å². The minimum atomic E-state index is -4.00. The number of nitrogens with zero attached hydrogens (tertiary/aromatic N) is 2. The number of anilines is 6. The fourth-order valence-electron chi connectivity index (χ4n) is 8.45. The molecule has 8 aromatic carbocycles. The van der Waals surface area contributed by atoms with Crippen molar-refractivity contribution in [3.8, 4) is 11.3 Å². The zero-order valence-corrected chi connectivity index (χ0v) is 32.4. The summed E-state index contributed by atoms with van der Waals surface area (Å²) in [5, 5.41) is 1.19. The maximum atomic E-state index is 7.25. The van der Waals surface area contributed by atoms with Crippen LogP contribution in [0, 0.1) is 0 Å². The molecule has 0 amide bonds. The van der Waals surface area contributed by atoms with Crippen molar-refractivity contribution in [1.29, 1.82) is 0 Å². The van der Waals surface area contributed by atoms with Crippen LogP contribution in [0.5, 0.6) is 0 Å². The Labute approximate surface area is 319 Å². The molecule has 0 aliphatic carbocycles. The van der Waals surface area contributed by atoms with Gasteiger partial charge in [-0.2, -0.15) is 0 Å². The topological polar surface area (TPSA) is 19.6 Å². The second kappa shape index (κ2) is 13.6. The van der Waals surface area contributed by atoms with Gasteiger partial charge in [0.15, 0.2) is 0 Å². The Bertz CT molecular complexity index is 2580. The monoisotopic (exact) mass is 800 g/mol. The molecule has 0 saturated carbocycles. The van der Waals surface area contributed by atoms with E-state index in [1.54, 1.807) is 0 Å². The van der Waals surface area contributed by atoms with Crippen LogP contribution in [-0.4, -0.2) is 18.4 Å². The summed E-state index contributed by atoms with van der Waals surface area (Å²) in [4.78, 5) is 4.65. The molecule has 0 atom stereocenters. The molecule has 0 saturated heterocycles. The van der Waals surface area contributed by atoms with Gasteiger partial charge in [-0.05, 0) is 0 Å². The third-order valence-corrected chi connectivity index (χ3v) is 24.6. The fraction of sp³-hybridized carbons (Fsp3) is 0. The molecule has 0 bridgehead atoms. The van der Waals surface area contributed by atoms with Crippen LogP contribution in [0.1, 0.15) is 0 Å². The molecule has 1 aliphatic heterocycles. The second-order valence-corrected chi connectivity index (χ2v) is 24.3. The van der Waals surface area contributed by atoms with Crippen molar-refractivity contribution in [2.75, 3.05) is 9.80 Å². The van der Waals surface area contributed by atoms with Gasteiger partial charge in [-0.15, -0.1) is 0 Å². The van der Waals surface area contributed by atoms with Crippen LogP contribution >= 0.6 is 0 Å². The van der Waals surface area contributed by atoms with E-state index >= 15 is 0 Å². The van der Waals surface area contributed by atoms with Gasteiger partial charge >= 0.3 is 322 Å². The van der Waals surface area contributed by atoms with Gasteiger partial charge in [0.1, 0.15) is 0 Å². The van der Waals surface area contributed by atoms with Crippen molar-refractivity contribution in [3.63, 3.8) is 0 Å². The summed E-state index contributed by atoms with van der Waals surface area (Å²) in [6.07, 6.45) is 0. The third-order valence-electron chi connectivity index (χ3n) is 10.7. The average Bonchev–Trinajstić information content (AvgIpc) is 3.76. The van der Waals surface area contributed by atoms with Gasteiger partial charge in [-0.25, -0.2) is 0 Å². The molecule has 256 valence electrons. The van der Waals surface area contributed by atoms with Crippen molar-refractivity contribution in [2.24, 2.45) is 0 Å². The van der Waals surface area contributed by atoms with E-state index in [4.69, 9.17) is 4.42 Å². The molecule has 0 radical (unpaired) electrons. The molecular weight excluding hydrogens is 763 g/mol. The van der Waals surface area contributed by atoms with Crippen LogP contribution in [0.4, 0.5) is 34.1 Å². The summed E-state index contributed by atoms with van der Waals surface area (Å²) >= 11 is -4.00. The molecule has 2 heterocycles. The van der Waals surface area contributed by atoms with Crippen LogP contribution in [-0.2, 0) is 0 Å². The van der Waals surface area contributed by atoms with Crippen molar-refractivity contribution in [3.05, 3.63) is 218 Å². The van der Waals surface area contributed by atoms with E-state index in [9.17, 15) is 0 Å². The molecule has 54 heavy (non-hydrogen) atoms. The number of fused-ring (bicyclic) bond motifs is 5. The summed E-state index contributed by atoms with van der Waals surface area (Å²) in [5.74, 6) is 0.995. The first-order chi connectivity index (χ1) is 26.8. The molecule has 0 unspecified atom stereocenters. The molecule has 0 fully saturated rings. The molecule has 4 heteroatoms. The van der Waals surface area contributed by atoms with Crippen LogP contribution in [0.25, 0.3) is 22.3 Å². The van der Waals surface area contributed by atoms with E-state index in [-0.39, 0.29) is 0 Å². The Morgan fingerprint density at radius 3 is 1.19 bits per heavy atom. The minimum absolute atomic E-state index is 0.904. The fourth-order valence-corrected chi connectivity index (χ4v) is 23.4. The van der Waals surface area contributed by atoms with Crippen LogP contribution in [0.3, 0.4) is 0 Å². The second-order valence-electron chi connectivity index (χ2n) is 13.7. The van der Waals surface area contributed by atoms with E-state index in [2.05, 4.69) is 228 Å². The van der Waals surface area contributed by atoms with E-state index in [1.807, 2.05) is 0 Å². The number of furan rings is 1. The summed E-state index contributed by atoms with van der Waals surface area (Å²) < 4.78 is 12.9. The summed E-state index contributed by atoms with van der Waals surface area (Å²) in [6.45, 7) is 0. The Morgan fingerprint density at radius 2 is 0.741 bits per heavy atom. The third kappa shape index (κ3) is 5.26. The van der Waals surface area contributed by atoms with E-state index in [0.29, 0.717) is 0 Å². The van der Waals surface area contributed by atoms with Crippen molar-refractivity contribution in [1.82, 2.24) is 0 Å². The van der Waals surface area contributed by atoms with Crippen molar-refractivity contribution in [2.45, 2.75) is 0 Å². The SMILES string of the molecule is c1ccc(N(c2ccccc2)c2cc[c]3c(c2)-c2oc4cc(N(c5ccccc5)c5ccccc5)ccc4[c]2[Sn]3([c]2ccccc2)[c]2ccccc2)cc1. The standard InChI is InChI=1S/C38H26N2O.2C6H5.Sn/c1-5-15-31(16-6-1)39(32-17-7-2-8-18-32)35-23-13-14-29(26-35)37-27-30-24-25-36(28-38(30)41-37)40(33-19-9-3-10-20-33)34-21-11-4-12-22-34;2*1-2-4-6-5-3-1;/h1-13,15-26,28H;2*1-5H;. The normalized spacial score (nSPS) is 12.6. The number of hydrogen-bond donors (Lipinski definition) is 0. The first-order valence-corrected chi connectivity index (χ1v) is 24.1. The Balaban J connectivity index is 1.25. The number of hydrogen-bond acceptors (Lipinski definition) is 3. The predicted molar refractivity (Wildman–Crippen MR) is 228 cm³/mol. The summed E-state index contributed by atoms with van der Waals surface area (Å²) in [5.41, 5.74) is 8.66. The summed E-state index contributed by atoms with van der Waals surface area (Å²) in [7, 11) is 0. The number of benzene rings is 8. The zero-order valence-electron chi connectivity index (χ0n) is 29.6. The molecule has 0 spiro atoms. The van der Waals surface area contributed by atoms with Gasteiger partial charge in [0.25, 0.3) is 0 Å². The summed E-state index contributed by atoms with van der Waals surface area (Å²) in [6, 6.07) is 78.9. The quantitative estimate of drug-likeness (QED) is 0.143. The van der Waals surface area contributed by atoms with Gasteiger partial charge in [-0.3, -0.25) is 0 Å². The first-order valence-electron chi connectivity index (χ1n) is 18.4. The first kappa shape index (κ1) is 32.4. The zero-order chi connectivity index (χ0) is 35.9. The van der Waals surface area contributed by atoms with E-state index in [0.717, 1.165) is 45.5 Å². The maximum absolute atomic E-state index is 7.25. The predicted octanol–water partition coefficient (Wildman–Crippen LogP) is 10.7. The molecule has 3 nitrogen and oxygen atoms in total. The molecule has 9 aromatic rings. The molecular formula is C50H36N2OSn. The van der Waals surface area contributed by atoms with Gasteiger partial charge in [0, 0.05) is 0 Å².